The minimum Gasteiger partial charge on any atom is -0.458 e. The molecule has 13 heteroatoms. The Labute approximate surface area is 198 Å². The molecule has 1 amide bonds. The van der Waals surface area contributed by atoms with Crippen LogP contribution >= 0.6 is 10.6 Å². The summed E-state index contributed by atoms with van der Waals surface area (Å²) < 4.78 is 21.7. The highest BCUT2D eigenvalue weighted by Crippen LogP contribution is 2.62. The van der Waals surface area contributed by atoms with Crippen molar-refractivity contribution in [2.45, 2.75) is 46.1 Å². The molecule has 2 aliphatic heterocycles. The van der Waals surface area contributed by atoms with E-state index < -0.39 is 22.5 Å². The van der Waals surface area contributed by atoms with E-state index in [0.29, 0.717) is 24.7 Å². The van der Waals surface area contributed by atoms with Gasteiger partial charge in [0.2, 0.25) is 5.91 Å². The van der Waals surface area contributed by atoms with Crippen molar-refractivity contribution in [1.82, 2.24) is 10.3 Å². The number of hydrogen-bond acceptors (Lipinski definition) is 10. The number of amides is 1. The minimum absolute atomic E-state index is 0.000130. The van der Waals surface area contributed by atoms with Crippen LogP contribution in [0.5, 0.6) is 0 Å². The number of amidine groups is 1. The van der Waals surface area contributed by atoms with E-state index in [0.717, 1.165) is 32.3 Å². The second-order valence-electron chi connectivity index (χ2n) is 7.52. The monoisotopic (exact) mass is 495 g/mol. The predicted molar refractivity (Wildman–Crippen MR) is 126 cm³/mol. The number of carbonyl (C=O) groups excluding carboxylic acids is 3. The molecule has 2 aliphatic rings. The van der Waals surface area contributed by atoms with Gasteiger partial charge in [0.05, 0.1) is 12.0 Å². The lowest BCUT2D eigenvalue weighted by molar-refractivity contribution is -0.150. The molecule has 0 aliphatic carbocycles. The molecule has 3 N–H and O–H groups in total. The molecule has 3 heterocycles. The standard InChI is InChI=1S/C21H29N5O7S/c1-3-4-10-30-11-6-5-9-26(22)14-24-21-25-17(13-34(21)32-19(28)20(29)33-34)18-8-7-16(31-18)12-23-15(2)27/h7-8,13-14H,3-6,9-12,22H2,1-2H3,(H,23,27)/b24-14+. The van der Waals surface area contributed by atoms with E-state index in [1.54, 1.807) is 12.1 Å². The summed E-state index contributed by atoms with van der Waals surface area (Å²) in [5.41, 5.74) is 0.284. The van der Waals surface area contributed by atoms with Crippen LogP contribution in [0, 0.1) is 0 Å². The van der Waals surface area contributed by atoms with E-state index in [-0.39, 0.29) is 23.3 Å². The predicted octanol–water partition coefficient (Wildman–Crippen LogP) is 2.12. The number of unbranched alkanes of at least 4 members (excludes halogenated alkanes) is 2. The summed E-state index contributed by atoms with van der Waals surface area (Å²) in [6.45, 7) is 5.65. The number of hydrazine groups is 1. The summed E-state index contributed by atoms with van der Waals surface area (Å²) in [6, 6.07) is 3.31. The summed E-state index contributed by atoms with van der Waals surface area (Å²) in [6.07, 6.45) is 5.12. The fourth-order valence-electron chi connectivity index (χ4n) is 2.89. The number of rotatable bonds is 12. The number of ether oxygens (including phenoxy) is 1. The van der Waals surface area contributed by atoms with E-state index in [1.165, 1.54) is 23.7 Å². The van der Waals surface area contributed by atoms with Gasteiger partial charge in [0.1, 0.15) is 17.8 Å². The van der Waals surface area contributed by atoms with Gasteiger partial charge in [-0.15, -0.1) is 0 Å². The Morgan fingerprint density at radius 2 is 1.97 bits per heavy atom. The number of aliphatic imine (C=N–C) groups is 2. The average molecular weight is 496 g/mol. The lowest BCUT2D eigenvalue weighted by Gasteiger charge is -2.26. The molecule has 0 radical (unpaired) electrons. The Kier molecular flexibility index (Phi) is 8.85. The van der Waals surface area contributed by atoms with Gasteiger partial charge in [0.25, 0.3) is 5.17 Å². The van der Waals surface area contributed by atoms with Crippen molar-refractivity contribution in [2.24, 2.45) is 15.8 Å². The molecule has 3 rings (SSSR count). The third kappa shape index (κ3) is 6.68. The zero-order valence-electron chi connectivity index (χ0n) is 19.2. The average Bonchev–Trinajstić information content (AvgIpc) is 3.48. The molecule has 0 aromatic carbocycles. The van der Waals surface area contributed by atoms with E-state index in [1.807, 2.05) is 0 Å². The van der Waals surface area contributed by atoms with Crippen molar-refractivity contribution in [3.05, 3.63) is 29.1 Å². The van der Waals surface area contributed by atoms with Crippen LogP contribution in [0.15, 0.2) is 31.9 Å². The first-order chi connectivity index (χ1) is 16.3. The lowest BCUT2D eigenvalue weighted by Crippen LogP contribution is -2.31. The Morgan fingerprint density at radius 3 is 2.68 bits per heavy atom. The fourth-order valence-corrected chi connectivity index (χ4v) is 4.74. The summed E-state index contributed by atoms with van der Waals surface area (Å²) in [7, 11) is -2.95. The number of nitrogens with zero attached hydrogens (tertiary/aromatic N) is 3. The maximum absolute atomic E-state index is 11.8. The van der Waals surface area contributed by atoms with E-state index in [2.05, 4.69) is 22.2 Å². The van der Waals surface area contributed by atoms with Crippen molar-refractivity contribution in [2.75, 3.05) is 19.8 Å². The topological polar surface area (TPSA) is 158 Å². The number of hydrogen-bond donors (Lipinski definition) is 2. The first-order valence-corrected chi connectivity index (χ1v) is 12.5. The Morgan fingerprint density at radius 1 is 1.24 bits per heavy atom. The molecule has 1 aromatic rings. The van der Waals surface area contributed by atoms with Gasteiger partial charge in [-0.25, -0.2) is 25.4 Å². The summed E-state index contributed by atoms with van der Waals surface area (Å²) >= 11 is 0. The first-order valence-electron chi connectivity index (χ1n) is 10.9. The van der Waals surface area contributed by atoms with Gasteiger partial charge in [-0.1, -0.05) is 13.3 Å². The van der Waals surface area contributed by atoms with Crippen LogP contribution in [0.4, 0.5) is 0 Å². The second kappa shape index (κ2) is 11.8. The van der Waals surface area contributed by atoms with Gasteiger partial charge >= 0.3 is 11.9 Å². The molecule has 0 atom stereocenters. The van der Waals surface area contributed by atoms with Crippen molar-refractivity contribution < 1.29 is 31.9 Å². The fraction of sp³-hybridized carbons (Fsp3) is 0.476. The van der Waals surface area contributed by atoms with Crippen LogP contribution in [-0.4, -0.2) is 54.1 Å². The van der Waals surface area contributed by atoms with E-state index >= 15 is 0 Å². The molecular formula is C21H29N5O7S. The first kappa shape index (κ1) is 25.5. The van der Waals surface area contributed by atoms with Crippen molar-refractivity contribution in [3.63, 3.8) is 0 Å². The van der Waals surface area contributed by atoms with Crippen molar-refractivity contribution >= 4 is 45.6 Å². The number of furan rings is 1. The highest BCUT2D eigenvalue weighted by atomic mass is 32.3. The largest absolute Gasteiger partial charge is 0.458 e. The van der Waals surface area contributed by atoms with Crippen LogP contribution in [0.25, 0.3) is 5.70 Å². The molecule has 1 aromatic heterocycles. The smallest absolute Gasteiger partial charge is 0.442 e. The van der Waals surface area contributed by atoms with E-state index in [9.17, 15) is 14.4 Å². The van der Waals surface area contributed by atoms with Crippen LogP contribution in [0.1, 0.15) is 51.1 Å². The SMILES string of the molecule is CCCCOCCCCN(N)/C=N/C1=NC(c2ccc(CNC(C)=O)o2)=CS12OC(=O)C(=O)O2. The molecule has 34 heavy (non-hydrogen) atoms. The quantitative estimate of drug-likeness (QED) is 0.111. The summed E-state index contributed by atoms with van der Waals surface area (Å²) in [5.74, 6) is 4.38. The Balaban J connectivity index is 1.64. The Hall–Kier alpha value is -3.16. The molecule has 1 fully saturated rings. The van der Waals surface area contributed by atoms with Gasteiger partial charge in [0.15, 0.2) is 5.76 Å². The van der Waals surface area contributed by atoms with Gasteiger partial charge in [0, 0.05) is 26.7 Å². The molecule has 186 valence electrons. The Bertz CT molecular complexity index is 987. The van der Waals surface area contributed by atoms with Crippen LogP contribution in [0.3, 0.4) is 0 Å². The number of carbonyl (C=O) groups is 3. The van der Waals surface area contributed by atoms with Crippen LogP contribution in [-0.2, 0) is 34.0 Å². The zero-order chi connectivity index (χ0) is 24.6. The van der Waals surface area contributed by atoms with Gasteiger partial charge in [-0.05, 0) is 42.0 Å². The van der Waals surface area contributed by atoms with E-state index in [4.69, 9.17) is 23.4 Å². The van der Waals surface area contributed by atoms with Crippen LogP contribution < -0.4 is 11.2 Å². The maximum Gasteiger partial charge on any atom is 0.442 e. The minimum atomic E-state index is -2.95. The zero-order valence-corrected chi connectivity index (χ0v) is 20.0. The summed E-state index contributed by atoms with van der Waals surface area (Å²) in [4.78, 5) is 43.2. The van der Waals surface area contributed by atoms with Crippen LogP contribution in [0.2, 0.25) is 0 Å². The normalized spacial score (nSPS) is 17.5. The highest BCUT2D eigenvalue weighted by molar-refractivity contribution is 8.41. The third-order valence-electron chi connectivity index (χ3n) is 4.64. The van der Waals surface area contributed by atoms with Gasteiger partial charge < -0.3 is 27.8 Å². The molecule has 0 saturated carbocycles. The van der Waals surface area contributed by atoms with Gasteiger partial charge in [-0.3, -0.25) is 4.79 Å². The molecular weight excluding hydrogens is 466 g/mol. The maximum atomic E-state index is 11.8. The molecule has 1 spiro atoms. The van der Waals surface area contributed by atoms with Crippen molar-refractivity contribution in [1.29, 1.82) is 0 Å². The highest BCUT2D eigenvalue weighted by Gasteiger charge is 2.48. The molecule has 0 unspecified atom stereocenters. The molecule has 0 bridgehead atoms. The van der Waals surface area contributed by atoms with Gasteiger partial charge in [-0.2, -0.15) is 0 Å². The van der Waals surface area contributed by atoms with Crippen molar-refractivity contribution in [3.8, 4) is 0 Å². The third-order valence-corrected chi connectivity index (χ3v) is 6.68. The lowest BCUT2D eigenvalue weighted by atomic mass is 10.3. The molecule has 1 saturated heterocycles. The summed E-state index contributed by atoms with van der Waals surface area (Å²) in [5, 5.41) is 5.41. The number of nitrogens with one attached hydrogen (secondary N) is 1. The number of nitrogens with two attached hydrogens (primary N) is 1. The second-order valence-corrected chi connectivity index (χ2v) is 9.54. The molecule has 12 nitrogen and oxygen atoms in total.